The van der Waals surface area contributed by atoms with E-state index in [1.807, 2.05) is 32.0 Å². The summed E-state index contributed by atoms with van der Waals surface area (Å²) in [5, 5.41) is 8.93. The number of carboxylic acids is 1. The summed E-state index contributed by atoms with van der Waals surface area (Å²) in [6.45, 7) is 3.96. The van der Waals surface area contributed by atoms with Crippen LogP contribution in [0.5, 0.6) is 0 Å². The van der Waals surface area contributed by atoms with Gasteiger partial charge in [-0.05, 0) is 43.2 Å². The Morgan fingerprint density at radius 1 is 1.26 bits per heavy atom. The molecule has 98 valence electrons. The first-order valence-electron chi connectivity index (χ1n) is 5.62. The van der Waals surface area contributed by atoms with Crippen molar-refractivity contribution >= 4 is 17.7 Å². The van der Waals surface area contributed by atoms with Crippen LogP contribution in [0.2, 0.25) is 0 Å². The molecule has 5 heteroatoms. The SMILES string of the molecule is Cc1ccc(Sc2nccc(C(=O)O)c2F)cc1C. The van der Waals surface area contributed by atoms with E-state index in [1.165, 1.54) is 6.20 Å². The van der Waals surface area contributed by atoms with E-state index in [1.54, 1.807) is 0 Å². The minimum Gasteiger partial charge on any atom is -0.478 e. The van der Waals surface area contributed by atoms with E-state index in [-0.39, 0.29) is 10.6 Å². The molecule has 1 aromatic carbocycles. The number of halogens is 1. The van der Waals surface area contributed by atoms with Crippen LogP contribution in [0.4, 0.5) is 4.39 Å². The number of hydrogen-bond acceptors (Lipinski definition) is 3. The van der Waals surface area contributed by atoms with Crippen LogP contribution in [0.15, 0.2) is 40.4 Å². The Labute approximate surface area is 114 Å². The molecule has 0 saturated heterocycles. The van der Waals surface area contributed by atoms with Crippen molar-refractivity contribution in [1.29, 1.82) is 0 Å². The van der Waals surface area contributed by atoms with E-state index in [0.717, 1.165) is 33.9 Å². The molecular weight excluding hydrogens is 265 g/mol. The molecule has 2 aromatic rings. The maximum absolute atomic E-state index is 13.9. The molecule has 1 heterocycles. The molecule has 0 saturated carbocycles. The molecule has 0 fully saturated rings. The van der Waals surface area contributed by atoms with Crippen LogP contribution in [-0.2, 0) is 0 Å². The minimum atomic E-state index is -1.29. The van der Waals surface area contributed by atoms with E-state index in [0.29, 0.717) is 0 Å². The standard InChI is InChI=1S/C14H12FNO2S/c1-8-3-4-10(7-9(8)2)19-13-12(15)11(14(17)18)5-6-16-13/h3-7H,1-2H3,(H,17,18). The van der Waals surface area contributed by atoms with Crippen molar-refractivity contribution in [3.05, 3.63) is 53.0 Å². The van der Waals surface area contributed by atoms with Gasteiger partial charge in [-0.2, -0.15) is 0 Å². The highest BCUT2D eigenvalue weighted by molar-refractivity contribution is 7.99. The van der Waals surface area contributed by atoms with Crippen LogP contribution in [0.3, 0.4) is 0 Å². The topological polar surface area (TPSA) is 50.2 Å². The Bertz CT molecular complexity index is 643. The summed E-state index contributed by atoms with van der Waals surface area (Å²) in [6.07, 6.45) is 1.30. The predicted octanol–water partition coefficient (Wildman–Crippen LogP) is 3.69. The van der Waals surface area contributed by atoms with Gasteiger partial charge in [0.1, 0.15) is 5.03 Å². The van der Waals surface area contributed by atoms with E-state index >= 15 is 0 Å². The van der Waals surface area contributed by atoms with Crippen molar-refractivity contribution in [2.75, 3.05) is 0 Å². The molecule has 3 nitrogen and oxygen atoms in total. The highest BCUT2D eigenvalue weighted by atomic mass is 32.2. The molecular formula is C14H12FNO2S. The molecule has 19 heavy (non-hydrogen) atoms. The van der Waals surface area contributed by atoms with Crippen LogP contribution in [0.25, 0.3) is 0 Å². The zero-order chi connectivity index (χ0) is 14.0. The van der Waals surface area contributed by atoms with E-state index < -0.39 is 11.8 Å². The van der Waals surface area contributed by atoms with Crippen molar-refractivity contribution in [1.82, 2.24) is 4.98 Å². The van der Waals surface area contributed by atoms with Gasteiger partial charge in [0.2, 0.25) is 0 Å². The van der Waals surface area contributed by atoms with Crippen LogP contribution < -0.4 is 0 Å². The minimum absolute atomic E-state index is 0.0724. The first kappa shape index (κ1) is 13.5. The lowest BCUT2D eigenvalue weighted by molar-refractivity contribution is 0.0691. The second kappa shape index (κ2) is 5.40. The van der Waals surface area contributed by atoms with E-state index in [4.69, 9.17) is 5.11 Å². The molecule has 0 spiro atoms. The van der Waals surface area contributed by atoms with Crippen molar-refractivity contribution in [2.45, 2.75) is 23.8 Å². The Hall–Kier alpha value is -1.88. The first-order chi connectivity index (χ1) is 8.99. The second-order valence-electron chi connectivity index (χ2n) is 4.13. The summed E-state index contributed by atoms with van der Waals surface area (Å²) in [7, 11) is 0. The number of aryl methyl sites for hydroxylation is 2. The van der Waals surface area contributed by atoms with Crippen molar-refractivity contribution in [2.24, 2.45) is 0 Å². The summed E-state index contributed by atoms with van der Waals surface area (Å²) >= 11 is 1.12. The number of nitrogens with zero attached hydrogens (tertiary/aromatic N) is 1. The highest BCUT2D eigenvalue weighted by Crippen LogP contribution is 2.30. The van der Waals surface area contributed by atoms with Crippen LogP contribution in [0, 0.1) is 19.7 Å². The molecule has 1 N–H and O–H groups in total. The fraction of sp³-hybridized carbons (Fsp3) is 0.143. The monoisotopic (exact) mass is 277 g/mol. The van der Waals surface area contributed by atoms with Crippen molar-refractivity contribution in [3.8, 4) is 0 Å². The average molecular weight is 277 g/mol. The lowest BCUT2D eigenvalue weighted by Crippen LogP contribution is -2.02. The Balaban J connectivity index is 2.35. The smallest absolute Gasteiger partial charge is 0.338 e. The molecule has 0 bridgehead atoms. The molecule has 0 aliphatic carbocycles. The Morgan fingerprint density at radius 2 is 2.00 bits per heavy atom. The number of pyridine rings is 1. The number of benzene rings is 1. The lowest BCUT2D eigenvalue weighted by Gasteiger charge is -2.06. The van der Waals surface area contributed by atoms with Gasteiger partial charge >= 0.3 is 5.97 Å². The summed E-state index contributed by atoms with van der Waals surface area (Å²) in [4.78, 5) is 15.6. The molecule has 0 unspecified atom stereocenters. The lowest BCUT2D eigenvalue weighted by atomic mass is 10.1. The first-order valence-corrected chi connectivity index (χ1v) is 6.43. The predicted molar refractivity (Wildman–Crippen MR) is 71.2 cm³/mol. The zero-order valence-electron chi connectivity index (χ0n) is 10.5. The number of carboxylic acid groups (broad SMARTS) is 1. The summed E-state index contributed by atoms with van der Waals surface area (Å²) in [6, 6.07) is 6.88. The van der Waals surface area contributed by atoms with Gasteiger partial charge in [-0.3, -0.25) is 0 Å². The second-order valence-corrected chi connectivity index (χ2v) is 5.19. The van der Waals surface area contributed by atoms with Crippen LogP contribution >= 0.6 is 11.8 Å². The molecule has 0 aliphatic heterocycles. The zero-order valence-corrected chi connectivity index (χ0v) is 11.3. The third-order valence-electron chi connectivity index (χ3n) is 2.78. The third kappa shape index (κ3) is 2.93. The van der Waals surface area contributed by atoms with Gasteiger partial charge in [0, 0.05) is 11.1 Å². The van der Waals surface area contributed by atoms with Crippen molar-refractivity contribution < 1.29 is 14.3 Å². The maximum Gasteiger partial charge on any atom is 0.338 e. The number of aromatic nitrogens is 1. The molecule has 1 aromatic heterocycles. The quantitative estimate of drug-likeness (QED) is 0.929. The summed E-state index contributed by atoms with van der Waals surface area (Å²) in [5.41, 5.74) is 1.89. The van der Waals surface area contributed by atoms with Gasteiger partial charge in [-0.1, -0.05) is 17.8 Å². The van der Waals surface area contributed by atoms with Gasteiger partial charge in [0.15, 0.2) is 5.82 Å². The Kier molecular flexibility index (Phi) is 3.85. The number of aromatic carboxylic acids is 1. The van der Waals surface area contributed by atoms with E-state index in [9.17, 15) is 9.18 Å². The van der Waals surface area contributed by atoms with Gasteiger partial charge < -0.3 is 5.11 Å². The van der Waals surface area contributed by atoms with Crippen LogP contribution in [0.1, 0.15) is 21.5 Å². The molecule has 0 atom stereocenters. The molecule has 0 radical (unpaired) electrons. The fourth-order valence-electron chi connectivity index (χ4n) is 1.55. The molecule has 2 rings (SSSR count). The number of carbonyl (C=O) groups is 1. The van der Waals surface area contributed by atoms with Crippen LogP contribution in [-0.4, -0.2) is 16.1 Å². The summed E-state index contributed by atoms with van der Waals surface area (Å²) in [5.74, 6) is -2.08. The molecule has 0 aliphatic rings. The largest absolute Gasteiger partial charge is 0.478 e. The fourth-order valence-corrected chi connectivity index (χ4v) is 2.46. The number of rotatable bonds is 3. The van der Waals surface area contributed by atoms with E-state index in [2.05, 4.69) is 4.98 Å². The maximum atomic E-state index is 13.9. The van der Waals surface area contributed by atoms with Crippen molar-refractivity contribution in [3.63, 3.8) is 0 Å². The van der Waals surface area contributed by atoms with Gasteiger partial charge in [0.05, 0.1) is 5.56 Å². The highest BCUT2D eigenvalue weighted by Gasteiger charge is 2.15. The normalized spacial score (nSPS) is 10.5. The van der Waals surface area contributed by atoms with Gasteiger partial charge in [-0.15, -0.1) is 0 Å². The average Bonchev–Trinajstić information content (AvgIpc) is 2.36. The summed E-state index contributed by atoms with van der Waals surface area (Å²) < 4.78 is 13.9. The Morgan fingerprint density at radius 3 is 2.63 bits per heavy atom. The number of hydrogen-bond donors (Lipinski definition) is 1. The van der Waals surface area contributed by atoms with Gasteiger partial charge in [0.25, 0.3) is 0 Å². The third-order valence-corrected chi connectivity index (χ3v) is 3.75. The van der Waals surface area contributed by atoms with Gasteiger partial charge in [-0.25, -0.2) is 14.2 Å². The molecule has 0 amide bonds.